The van der Waals surface area contributed by atoms with Crippen LogP contribution in [-0.4, -0.2) is 13.2 Å². The molecule has 0 aliphatic heterocycles. The minimum atomic E-state index is 0.356. The summed E-state index contributed by atoms with van der Waals surface area (Å²) in [6.45, 7) is 6.70. The van der Waals surface area contributed by atoms with Crippen molar-refractivity contribution >= 4 is 0 Å². The summed E-state index contributed by atoms with van der Waals surface area (Å²) in [5, 5.41) is 0. The highest BCUT2D eigenvalue weighted by atomic mass is 16.5. The zero-order valence-corrected chi connectivity index (χ0v) is 7.27. The fourth-order valence-electron chi connectivity index (χ4n) is 1.38. The summed E-state index contributed by atoms with van der Waals surface area (Å²) in [6.07, 6.45) is 3.71. The monoisotopic (exact) mass is 140 g/mol. The third kappa shape index (κ3) is 1.24. The zero-order valence-electron chi connectivity index (χ0n) is 7.27. The quantitative estimate of drug-likeness (QED) is 0.508. The van der Waals surface area contributed by atoms with Crippen LogP contribution in [0.2, 0.25) is 0 Å². The molecular formula is C9H16O. The van der Waals surface area contributed by atoms with Crippen LogP contribution in [-0.2, 0) is 4.74 Å². The van der Waals surface area contributed by atoms with Gasteiger partial charge in [0.1, 0.15) is 0 Å². The SMILES string of the molecule is COC1C=C(C)C(C)(C)C1. The molecule has 1 aliphatic rings. The van der Waals surface area contributed by atoms with E-state index in [0.29, 0.717) is 11.5 Å². The maximum absolute atomic E-state index is 5.24. The number of hydrogen-bond acceptors (Lipinski definition) is 1. The van der Waals surface area contributed by atoms with Gasteiger partial charge in [0.2, 0.25) is 0 Å². The van der Waals surface area contributed by atoms with Crippen LogP contribution in [0.25, 0.3) is 0 Å². The first-order chi connectivity index (χ1) is 4.56. The second-order valence-electron chi connectivity index (χ2n) is 3.71. The molecule has 1 rings (SSSR count). The Hall–Kier alpha value is -0.300. The van der Waals surface area contributed by atoms with Crippen LogP contribution in [0.15, 0.2) is 11.6 Å². The third-order valence-corrected chi connectivity index (χ3v) is 2.52. The van der Waals surface area contributed by atoms with Crippen molar-refractivity contribution in [2.24, 2.45) is 5.41 Å². The van der Waals surface area contributed by atoms with Crippen molar-refractivity contribution in [2.75, 3.05) is 7.11 Å². The van der Waals surface area contributed by atoms with E-state index in [0.717, 1.165) is 6.42 Å². The zero-order chi connectivity index (χ0) is 7.78. The molecule has 1 nitrogen and oxygen atoms in total. The molecule has 0 fully saturated rings. The highest BCUT2D eigenvalue weighted by Gasteiger charge is 2.30. The largest absolute Gasteiger partial charge is 0.377 e. The smallest absolute Gasteiger partial charge is 0.0762 e. The van der Waals surface area contributed by atoms with Crippen molar-refractivity contribution in [3.05, 3.63) is 11.6 Å². The third-order valence-electron chi connectivity index (χ3n) is 2.52. The number of ether oxygens (including phenoxy) is 1. The van der Waals surface area contributed by atoms with Crippen molar-refractivity contribution in [2.45, 2.75) is 33.3 Å². The summed E-state index contributed by atoms with van der Waals surface area (Å²) in [5.74, 6) is 0. The van der Waals surface area contributed by atoms with E-state index in [1.807, 2.05) is 0 Å². The minimum absolute atomic E-state index is 0.356. The molecule has 0 aromatic heterocycles. The molecule has 0 bridgehead atoms. The maximum atomic E-state index is 5.24. The molecule has 58 valence electrons. The lowest BCUT2D eigenvalue weighted by atomic mass is 9.87. The normalized spacial score (nSPS) is 30.4. The lowest BCUT2D eigenvalue weighted by molar-refractivity contribution is 0.121. The molecule has 0 aromatic rings. The van der Waals surface area contributed by atoms with E-state index in [9.17, 15) is 0 Å². The molecule has 0 radical (unpaired) electrons. The first-order valence-electron chi connectivity index (χ1n) is 3.78. The van der Waals surface area contributed by atoms with Gasteiger partial charge in [-0.1, -0.05) is 25.5 Å². The van der Waals surface area contributed by atoms with Gasteiger partial charge in [-0.3, -0.25) is 0 Å². The molecule has 0 heterocycles. The summed E-state index contributed by atoms with van der Waals surface area (Å²) >= 11 is 0. The second kappa shape index (κ2) is 2.39. The van der Waals surface area contributed by atoms with E-state index in [1.165, 1.54) is 5.57 Å². The highest BCUT2D eigenvalue weighted by Crippen LogP contribution is 2.38. The van der Waals surface area contributed by atoms with Crippen LogP contribution in [0.1, 0.15) is 27.2 Å². The van der Waals surface area contributed by atoms with Crippen LogP contribution in [0.4, 0.5) is 0 Å². The van der Waals surface area contributed by atoms with Crippen LogP contribution < -0.4 is 0 Å². The van der Waals surface area contributed by atoms with Crippen LogP contribution in [0, 0.1) is 5.41 Å². The molecule has 1 atom stereocenters. The van der Waals surface area contributed by atoms with Crippen LogP contribution in [0.3, 0.4) is 0 Å². The molecule has 0 saturated carbocycles. The Balaban J connectivity index is 2.68. The first-order valence-corrected chi connectivity index (χ1v) is 3.78. The van der Waals surface area contributed by atoms with E-state index in [4.69, 9.17) is 4.74 Å². The Bertz CT molecular complexity index is 156. The van der Waals surface area contributed by atoms with Gasteiger partial charge in [-0.25, -0.2) is 0 Å². The number of hydrogen-bond donors (Lipinski definition) is 0. The van der Waals surface area contributed by atoms with E-state index in [1.54, 1.807) is 7.11 Å². The van der Waals surface area contributed by atoms with Crippen molar-refractivity contribution in [3.63, 3.8) is 0 Å². The number of allylic oxidation sites excluding steroid dienone is 1. The van der Waals surface area contributed by atoms with Gasteiger partial charge >= 0.3 is 0 Å². The van der Waals surface area contributed by atoms with Gasteiger partial charge in [0, 0.05) is 7.11 Å². The van der Waals surface area contributed by atoms with Gasteiger partial charge in [-0.05, 0) is 18.8 Å². The molecule has 0 spiro atoms. The minimum Gasteiger partial charge on any atom is -0.377 e. The van der Waals surface area contributed by atoms with Crippen LogP contribution >= 0.6 is 0 Å². The summed E-state index contributed by atoms with van der Waals surface area (Å²) in [7, 11) is 1.77. The summed E-state index contributed by atoms with van der Waals surface area (Å²) in [5.41, 5.74) is 1.82. The Labute approximate surface area is 63.1 Å². The lowest BCUT2D eigenvalue weighted by Gasteiger charge is -2.20. The summed E-state index contributed by atoms with van der Waals surface area (Å²) < 4.78 is 5.24. The molecule has 0 aromatic carbocycles. The highest BCUT2D eigenvalue weighted by molar-refractivity contribution is 5.19. The lowest BCUT2D eigenvalue weighted by Crippen LogP contribution is -2.12. The summed E-state index contributed by atoms with van der Waals surface area (Å²) in [6, 6.07) is 0. The topological polar surface area (TPSA) is 9.23 Å². The average molecular weight is 140 g/mol. The van der Waals surface area contributed by atoms with Gasteiger partial charge in [-0.2, -0.15) is 0 Å². The fraction of sp³-hybridized carbons (Fsp3) is 0.778. The fourth-order valence-corrected chi connectivity index (χ4v) is 1.38. The molecular weight excluding hydrogens is 124 g/mol. The van der Waals surface area contributed by atoms with E-state index in [2.05, 4.69) is 26.8 Å². The standard InChI is InChI=1S/C9H16O/c1-7-5-8(10-4)6-9(7,2)3/h5,8H,6H2,1-4H3. The van der Waals surface area contributed by atoms with E-state index < -0.39 is 0 Å². The number of rotatable bonds is 1. The van der Waals surface area contributed by atoms with Gasteiger partial charge < -0.3 is 4.74 Å². The van der Waals surface area contributed by atoms with Gasteiger partial charge in [0.15, 0.2) is 0 Å². The van der Waals surface area contributed by atoms with Gasteiger partial charge in [-0.15, -0.1) is 0 Å². The molecule has 0 amide bonds. The van der Waals surface area contributed by atoms with E-state index >= 15 is 0 Å². The Morgan fingerprint density at radius 2 is 2.20 bits per heavy atom. The predicted octanol–water partition coefficient (Wildman–Crippen LogP) is 2.38. The molecule has 1 aliphatic carbocycles. The van der Waals surface area contributed by atoms with Crippen molar-refractivity contribution in [3.8, 4) is 0 Å². The molecule has 0 saturated heterocycles. The Morgan fingerprint density at radius 1 is 1.60 bits per heavy atom. The van der Waals surface area contributed by atoms with Crippen molar-refractivity contribution in [1.82, 2.24) is 0 Å². The molecule has 1 heteroatoms. The number of methoxy groups -OCH3 is 1. The molecule has 0 N–H and O–H groups in total. The van der Waals surface area contributed by atoms with Gasteiger partial charge in [0.05, 0.1) is 6.10 Å². The Kier molecular flexibility index (Phi) is 1.86. The van der Waals surface area contributed by atoms with Crippen molar-refractivity contribution in [1.29, 1.82) is 0 Å². The van der Waals surface area contributed by atoms with Gasteiger partial charge in [0.25, 0.3) is 0 Å². The average Bonchev–Trinajstić information content (AvgIpc) is 2.08. The van der Waals surface area contributed by atoms with Crippen LogP contribution in [0.5, 0.6) is 0 Å². The van der Waals surface area contributed by atoms with Crippen molar-refractivity contribution < 1.29 is 4.74 Å². The second-order valence-corrected chi connectivity index (χ2v) is 3.71. The Morgan fingerprint density at radius 3 is 2.40 bits per heavy atom. The molecule has 1 unspecified atom stereocenters. The maximum Gasteiger partial charge on any atom is 0.0762 e. The summed E-state index contributed by atoms with van der Waals surface area (Å²) in [4.78, 5) is 0. The van der Waals surface area contributed by atoms with E-state index in [-0.39, 0.29) is 0 Å². The first kappa shape index (κ1) is 7.80. The predicted molar refractivity (Wildman–Crippen MR) is 43.0 cm³/mol. The molecule has 10 heavy (non-hydrogen) atoms.